The van der Waals surface area contributed by atoms with Gasteiger partial charge in [-0.1, -0.05) is 115 Å². The zero-order valence-electron chi connectivity index (χ0n) is 17.0. The average molecular weight is 385 g/mol. The van der Waals surface area contributed by atoms with Gasteiger partial charge in [-0.05, 0) is 18.6 Å². The van der Waals surface area contributed by atoms with Gasteiger partial charge in [-0.15, -0.1) is 0 Å². The van der Waals surface area contributed by atoms with Gasteiger partial charge < -0.3 is 4.74 Å². The maximum atomic E-state index is 11.7. The van der Waals surface area contributed by atoms with E-state index in [-0.39, 0.29) is 35.5 Å². The summed E-state index contributed by atoms with van der Waals surface area (Å²) >= 11 is 0. The van der Waals surface area contributed by atoms with E-state index >= 15 is 0 Å². The Morgan fingerprint density at radius 1 is 0.667 bits per heavy atom. The van der Waals surface area contributed by atoms with Crippen LogP contribution in [0.5, 0.6) is 5.75 Å². The predicted molar refractivity (Wildman–Crippen MR) is 119 cm³/mol. The molecule has 0 aliphatic carbocycles. The third kappa shape index (κ3) is 17.5. The van der Waals surface area contributed by atoms with E-state index in [1.165, 1.54) is 83.5 Å². The number of esters is 1. The summed E-state index contributed by atoms with van der Waals surface area (Å²) in [4.78, 5) is 11.7. The van der Waals surface area contributed by atoms with Crippen LogP contribution in [0.4, 0.5) is 0 Å². The molecule has 1 rings (SSSR count). The Kier molecular flexibility index (Phi) is 20.2. The Morgan fingerprint density at radius 3 is 1.52 bits per heavy atom. The number of para-hydroxylation sites is 1. The van der Waals surface area contributed by atoms with Crippen LogP contribution in [0.25, 0.3) is 0 Å². The molecule has 0 aromatic heterocycles. The molecule has 0 amide bonds. The Morgan fingerprint density at radius 2 is 1.07 bits per heavy atom. The Hall–Kier alpha value is -0.310. The third-order valence-corrected chi connectivity index (χ3v) is 4.96. The van der Waals surface area contributed by atoms with Crippen molar-refractivity contribution >= 4 is 35.5 Å². The van der Waals surface area contributed by atoms with E-state index < -0.39 is 0 Å². The molecular weight excluding hydrogens is 343 g/mol. The van der Waals surface area contributed by atoms with Crippen LogP contribution >= 0.6 is 0 Å². The fourth-order valence-corrected chi connectivity index (χ4v) is 3.31. The molecule has 0 heterocycles. The molecule has 2 nitrogen and oxygen atoms in total. The topological polar surface area (TPSA) is 26.3 Å². The molecule has 0 saturated heterocycles. The van der Waals surface area contributed by atoms with Crippen molar-refractivity contribution in [1.29, 1.82) is 0 Å². The molecule has 0 saturated carbocycles. The van der Waals surface area contributed by atoms with Crippen LogP contribution in [0.2, 0.25) is 0 Å². The molecule has 0 N–H and O–H groups in total. The van der Waals surface area contributed by atoms with E-state index in [0.717, 1.165) is 12.8 Å². The first-order valence-electron chi connectivity index (χ1n) is 11.1. The molecule has 0 fully saturated rings. The van der Waals surface area contributed by atoms with Crippen molar-refractivity contribution < 1.29 is 9.53 Å². The summed E-state index contributed by atoms with van der Waals surface area (Å²) in [5.41, 5.74) is 0. The number of carbonyl (C=O) groups is 1. The number of rotatable bonds is 17. The zero-order chi connectivity index (χ0) is 18.7. The van der Waals surface area contributed by atoms with Gasteiger partial charge in [0.1, 0.15) is 5.75 Å². The summed E-state index contributed by atoms with van der Waals surface area (Å²) < 4.78 is 5.29. The van der Waals surface area contributed by atoms with Crippen LogP contribution in [0.3, 0.4) is 0 Å². The van der Waals surface area contributed by atoms with Crippen LogP contribution in [-0.4, -0.2) is 35.5 Å². The van der Waals surface area contributed by atoms with Crippen LogP contribution in [0, 0.1) is 0 Å². The second-order valence-corrected chi connectivity index (χ2v) is 7.49. The van der Waals surface area contributed by atoms with Crippen LogP contribution in [0.15, 0.2) is 30.3 Å². The molecule has 1 aromatic carbocycles. The van der Waals surface area contributed by atoms with Crippen molar-refractivity contribution in [2.24, 2.45) is 0 Å². The van der Waals surface area contributed by atoms with Gasteiger partial charge in [0.2, 0.25) is 0 Å². The summed E-state index contributed by atoms with van der Waals surface area (Å²) in [6, 6.07) is 9.34. The molecule has 0 atom stereocenters. The first-order chi connectivity index (χ1) is 12.8. The van der Waals surface area contributed by atoms with Gasteiger partial charge in [0, 0.05) is 6.42 Å². The van der Waals surface area contributed by atoms with Gasteiger partial charge >= 0.3 is 35.5 Å². The van der Waals surface area contributed by atoms with Gasteiger partial charge in [0.05, 0.1) is 0 Å². The predicted octanol–water partition coefficient (Wildman–Crippen LogP) is 7.21. The molecule has 0 unspecified atom stereocenters. The van der Waals surface area contributed by atoms with E-state index in [0.29, 0.717) is 12.2 Å². The van der Waals surface area contributed by atoms with Crippen LogP contribution in [-0.2, 0) is 4.79 Å². The Bertz CT molecular complexity index is 433. The van der Waals surface area contributed by atoms with Gasteiger partial charge in [-0.25, -0.2) is 0 Å². The van der Waals surface area contributed by atoms with Crippen LogP contribution < -0.4 is 4.74 Å². The molecule has 0 aliphatic rings. The molecule has 1 aromatic rings. The summed E-state index contributed by atoms with van der Waals surface area (Å²) in [7, 11) is 0. The molecule has 3 heteroatoms. The van der Waals surface area contributed by atoms with E-state index in [1.54, 1.807) is 0 Å². The molecule has 0 radical (unpaired) electrons. The average Bonchev–Trinajstić information content (AvgIpc) is 2.65. The van der Waals surface area contributed by atoms with Gasteiger partial charge in [-0.2, -0.15) is 0 Å². The second-order valence-electron chi connectivity index (χ2n) is 7.49. The Labute approximate surface area is 190 Å². The maximum absolute atomic E-state index is 11.7. The second kappa shape index (κ2) is 20.4. The monoisotopic (exact) mass is 384 g/mol. The van der Waals surface area contributed by atoms with Crippen molar-refractivity contribution in [3.8, 4) is 5.75 Å². The standard InChI is InChI=1S/C24H40O2.Na.H/c1-2-3-4-5-6-7-8-9-10-11-12-13-14-15-19-22-24(25)26-23-20-17-16-18-21-23;;/h16-18,20-21H,2-15,19,22H2,1H3;;. The molecule has 0 spiro atoms. The van der Waals surface area contributed by atoms with Gasteiger partial charge in [-0.3, -0.25) is 4.79 Å². The molecule has 0 aliphatic heterocycles. The minimum atomic E-state index is -0.106. The number of ether oxygens (including phenoxy) is 1. The fraction of sp³-hybridized carbons (Fsp3) is 0.708. The van der Waals surface area contributed by atoms with Crippen molar-refractivity contribution in [3.05, 3.63) is 30.3 Å². The zero-order valence-corrected chi connectivity index (χ0v) is 17.0. The van der Waals surface area contributed by atoms with Gasteiger partial charge in [0.25, 0.3) is 0 Å². The first kappa shape index (κ1) is 26.7. The summed E-state index contributed by atoms with van der Waals surface area (Å²) in [6.45, 7) is 2.28. The normalized spacial score (nSPS) is 10.4. The number of hydrogen-bond acceptors (Lipinski definition) is 2. The molecule has 150 valence electrons. The molecular formula is C24H41NaO2. The number of carbonyl (C=O) groups excluding carboxylic acids is 1. The van der Waals surface area contributed by atoms with Crippen molar-refractivity contribution in [2.75, 3.05) is 0 Å². The van der Waals surface area contributed by atoms with Crippen LogP contribution in [0.1, 0.15) is 110 Å². The fourth-order valence-electron chi connectivity index (χ4n) is 3.31. The minimum absolute atomic E-state index is 0. The quantitative estimate of drug-likeness (QED) is 0.123. The van der Waals surface area contributed by atoms with Gasteiger partial charge in [0.15, 0.2) is 0 Å². The summed E-state index contributed by atoms with van der Waals surface area (Å²) in [5.74, 6) is 0.546. The van der Waals surface area contributed by atoms with Crippen molar-refractivity contribution in [1.82, 2.24) is 0 Å². The number of benzene rings is 1. The third-order valence-electron chi connectivity index (χ3n) is 4.96. The summed E-state index contributed by atoms with van der Waals surface area (Å²) in [6.07, 6.45) is 20.7. The van der Waals surface area contributed by atoms with E-state index in [1.807, 2.05) is 30.3 Å². The van der Waals surface area contributed by atoms with Crippen molar-refractivity contribution in [3.63, 3.8) is 0 Å². The SMILES string of the molecule is CCCCCCCCCCCCCCCCCC(=O)Oc1ccccc1.[NaH]. The summed E-state index contributed by atoms with van der Waals surface area (Å²) in [5, 5.41) is 0. The molecule has 27 heavy (non-hydrogen) atoms. The number of hydrogen-bond donors (Lipinski definition) is 0. The molecule has 0 bridgehead atoms. The van der Waals surface area contributed by atoms with Crippen molar-refractivity contribution in [2.45, 2.75) is 110 Å². The first-order valence-corrected chi connectivity index (χ1v) is 11.1. The van der Waals surface area contributed by atoms with E-state index in [9.17, 15) is 4.79 Å². The van der Waals surface area contributed by atoms with E-state index in [4.69, 9.17) is 4.74 Å². The number of unbranched alkanes of at least 4 members (excludes halogenated alkanes) is 14. The Balaban J connectivity index is 0.00000676. The van der Waals surface area contributed by atoms with E-state index in [2.05, 4.69) is 6.92 Å².